The molecule has 1 fully saturated rings. The van der Waals surface area contributed by atoms with Crippen molar-refractivity contribution < 1.29 is 14.7 Å². The van der Waals surface area contributed by atoms with Gasteiger partial charge in [0.2, 0.25) is 5.91 Å². The molecule has 0 bridgehead atoms. The van der Waals surface area contributed by atoms with Crippen LogP contribution in [0.1, 0.15) is 47.5 Å². The number of aromatic nitrogens is 2. The predicted octanol–water partition coefficient (Wildman–Crippen LogP) is 2.77. The topological polar surface area (TPSA) is 75.4 Å². The fraction of sp³-hybridized carbons (Fsp3) is 0.421. The predicted molar refractivity (Wildman–Crippen MR) is 93.4 cm³/mol. The molecule has 1 N–H and O–H groups in total. The molecule has 132 valence electrons. The van der Waals surface area contributed by atoms with E-state index < -0.39 is 5.97 Å². The van der Waals surface area contributed by atoms with E-state index in [4.69, 9.17) is 5.11 Å². The number of rotatable bonds is 6. The first kappa shape index (κ1) is 17.2. The first-order chi connectivity index (χ1) is 12.1. The number of hydrogen-bond donors (Lipinski definition) is 1. The fourth-order valence-electron chi connectivity index (χ4n) is 3.38. The standard InChI is InChI=1S/C19H23N3O3/c23-18(8-3-11-22-12-4-9-20-22)21-10-2-7-17(14-21)15-5-1-6-16(13-15)19(24)25/h1,4-6,9,12-13,17H,2-3,7-8,10-11,14H2,(H,24,25)/t17-/m0/s1. The summed E-state index contributed by atoms with van der Waals surface area (Å²) in [7, 11) is 0. The van der Waals surface area contributed by atoms with Crippen molar-refractivity contribution in [2.24, 2.45) is 0 Å². The lowest BCUT2D eigenvalue weighted by Crippen LogP contribution is -2.39. The van der Waals surface area contributed by atoms with Gasteiger partial charge in [0.1, 0.15) is 0 Å². The van der Waals surface area contributed by atoms with Gasteiger partial charge < -0.3 is 10.0 Å². The summed E-state index contributed by atoms with van der Waals surface area (Å²) in [5, 5.41) is 13.3. The molecule has 2 heterocycles. The van der Waals surface area contributed by atoms with Crippen LogP contribution in [0.3, 0.4) is 0 Å². The highest BCUT2D eigenvalue weighted by Gasteiger charge is 2.24. The number of likely N-dealkylation sites (tertiary alicyclic amines) is 1. The van der Waals surface area contributed by atoms with E-state index >= 15 is 0 Å². The van der Waals surface area contributed by atoms with E-state index in [0.29, 0.717) is 18.5 Å². The average Bonchev–Trinajstić information content (AvgIpc) is 3.15. The fourth-order valence-corrected chi connectivity index (χ4v) is 3.38. The maximum atomic E-state index is 12.5. The van der Waals surface area contributed by atoms with Crippen molar-refractivity contribution in [3.8, 4) is 0 Å². The average molecular weight is 341 g/mol. The molecule has 1 aliphatic heterocycles. The number of piperidine rings is 1. The van der Waals surface area contributed by atoms with Crippen molar-refractivity contribution in [2.75, 3.05) is 13.1 Å². The summed E-state index contributed by atoms with van der Waals surface area (Å²) < 4.78 is 1.84. The third kappa shape index (κ3) is 4.47. The van der Waals surface area contributed by atoms with Gasteiger partial charge in [-0.25, -0.2) is 4.79 Å². The second-order valence-electron chi connectivity index (χ2n) is 6.48. The molecule has 6 nitrogen and oxygen atoms in total. The molecule has 0 aliphatic carbocycles. The van der Waals surface area contributed by atoms with Gasteiger partial charge in [-0.3, -0.25) is 9.48 Å². The normalized spacial score (nSPS) is 17.4. The molecule has 0 unspecified atom stereocenters. The molecule has 0 spiro atoms. The monoisotopic (exact) mass is 341 g/mol. The van der Waals surface area contributed by atoms with Gasteiger partial charge in [-0.05, 0) is 43.0 Å². The quantitative estimate of drug-likeness (QED) is 0.876. The lowest BCUT2D eigenvalue weighted by molar-refractivity contribution is -0.132. The number of carbonyl (C=O) groups is 2. The number of carbonyl (C=O) groups excluding carboxylic acids is 1. The summed E-state index contributed by atoms with van der Waals surface area (Å²) in [6.45, 7) is 2.20. The van der Waals surface area contributed by atoms with E-state index in [0.717, 1.165) is 37.9 Å². The summed E-state index contributed by atoms with van der Waals surface area (Å²) in [5.74, 6) is -0.529. The van der Waals surface area contributed by atoms with E-state index in [2.05, 4.69) is 5.10 Å². The molecule has 2 aromatic rings. The van der Waals surface area contributed by atoms with Crippen molar-refractivity contribution in [2.45, 2.75) is 38.1 Å². The Hall–Kier alpha value is -2.63. The Kier molecular flexibility index (Phi) is 5.48. The summed E-state index contributed by atoms with van der Waals surface area (Å²) in [6, 6.07) is 8.96. The number of carboxylic acids is 1. The Bertz CT molecular complexity index is 727. The molecule has 1 aromatic carbocycles. The highest BCUT2D eigenvalue weighted by atomic mass is 16.4. The second-order valence-corrected chi connectivity index (χ2v) is 6.48. The molecule has 0 radical (unpaired) electrons. The molecule has 0 saturated carbocycles. The molecular weight excluding hydrogens is 318 g/mol. The lowest BCUT2D eigenvalue weighted by atomic mass is 9.89. The molecule has 1 amide bonds. The van der Waals surface area contributed by atoms with Crippen molar-refractivity contribution in [1.29, 1.82) is 0 Å². The summed E-state index contributed by atoms with van der Waals surface area (Å²) in [6.07, 6.45) is 6.87. The van der Waals surface area contributed by atoms with Gasteiger partial charge in [0.25, 0.3) is 0 Å². The number of nitrogens with zero attached hydrogens (tertiary/aromatic N) is 3. The number of aromatic carboxylic acids is 1. The zero-order valence-corrected chi connectivity index (χ0v) is 14.2. The number of carboxylic acid groups (broad SMARTS) is 1. The van der Waals surface area contributed by atoms with Crippen LogP contribution in [0.4, 0.5) is 0 Å². The number of benzene rings is 1. The van der Waals surface area contributed by atoms with E-state index in [1.807, 2.05) is 27.9 Å². The molecule has 25 heavy (non-hydrogen) atoms. The van der Waals surface area contributed by atoms with Crippen molar-refractivity contribution in [3.63, 3.8) is 0 Å². The Labute approximate surface area is 147 Å². The van der Waals surface area contributed by atoms with Crippen LogP contribution in [-0.4, -0.2) is 44.8 Å². The maximum absolute atomic E-state index is 12.5. The minimum absolute atomic E-state index is 0.172. The third-order valence-electron chi connectivity index (χ3n) is 4.72. The van der Waals surface area contributed by atoms with Crippen LogP contribution < -0.4 is 0 Å². The molecule has 1 saturated heterocycles. The minimum Gasteiger partial charge on any atom is -0.478 e. The van der Waals surface area contributed by atoms with Crippen LogP contribution in [0, 0.1) is 0 Å². The molecular formula is C19H23N3O3. The second kappa shape index (κ2) is 7.96. The molecule has 1 atom stereocenters. The van der Waals surface area contributed by atoms with Crippen molar-refractivity contribution in [1.82, 2.24) is 14.7 Å². The largest absolute Gasteiger partial charge is 0.478 e. The van der Waals surface area contributed by atoms with Crippen LogP contribution in [0.25, 0.3) is 0 Å². The minimum atomic E-state index is -0.913. The van der Waals surface area contributed by atoms with Gasteiger partial charge >= 0.3 is 5.97 Å². The van der Waals surface area contributed by atoms with Gasteiger partial charge in [0, 0.05) is 44.4 Å². The molecule has 1 aliphatic rings. The first-order valence-electron chi connectivity index (χ1n) is 8.72. The molecule has 3 rings (SSSR count). The van der Waals surface area contributed by atoms with Crippen LogP contribution in [-0.2, 0) is 11.3 Å². The van der Waals surface area contributed by atoms with Gasteiger partial charge in [-0.15, -0.1) is 0 Å². The zero-order valence-electron chi connectivity index (χ0n) is 14.2. The van der Waals surface area contributed by atoms with Gasteiger partial charge in [0.15, 0.2) is 0 Å². The Morgan fingerprint density at radius 2 is 2.16 bits per heavy atom. The summed E-state index contributed by atoms with van der Waals surface area (Å²) in [5.41, 5.74) is 1.31. The maximum Gasteiger partial charge on any atom is 0.335 e. The Balaban J connectivity index is 1.56. The summed E-state index contributed by atoms with van der Waals surface area (Å²) in [4.78, 5) is 25.6. The zero-order chi connectivity index (χ0) is 17.6. The highest BCUT2D eigenvalue weighted by molar-refractivity contribution is 5.87. The Morgan fingerprint density at radius 1 is 1.28 bits per heavy atom. The molecule has 6 heteroatoms. The first-order valence-corrected chi connectivity index (χ1v) is 8.72. The van der Waals surface area contributed by atoms with E-state index in [1.165, 1.54) is 0 Å². The smallest absolute Gasteiger partial charge is 0.335 e. The van der Waals surface area contributed by atoms with Gasteiger partial charge in [-0.2, -0.15) is 5.10 Å². The highest BCUT2D eigenvalue weighted by Crippen LogP contribution is 2.28. The molecule has 1 aromatic heterocycles. The van der Waals surface area contributed by atoms with Crippen LogP contribution in [0.15, 0.2) is 42.7 Å². The van der Waals surface area contributed by atoms with Gasteiger partial charge in [0.05, 0.1) is 5.56 Å². The van der Waals surface area contributed by atoms with E-state index in [-0.39, 0.29) is 11.8 Å². The number of hydrogen-bond acceptors (Lipinski definition) is 3. The Morgan fingerprint density at radius 3 is 2.92 bits per heavy atom. The SMILES string of the molecule is O=C(O)c1cccc([C@H]2CCCN(C(=O)CCCn3cccn3)C2)c1. The third-order valence-corrected chi connectivity index (χ3v) is 4.72. The number of amides is 1. The lowest BCUT2D eigenvalue weighted by Gasteiger charge is -2.33. The van der Waals surface area contributed by atoms with Crippen molar-refractivity contribution in [3.05, 3.63) is 53.9 Å². The van der Waals surface area contributed by atoms with E-state index in [1.54, 1.807) is 24.4 Å². The van der Waals surface area contributed by atoms with Crippen LogP contribution in [0.2, 0.25) is 0 Å². The van der Waals surface area contributed by atoms with Crippen molar-refractivity contribution >= 4 is 11.9 Å². The summed E-state index contributed by atoms with van der Waals surface area (Å²) >= 11 is 0. The van der Waals surface area contributed by atoms with Gasteiger partial charge in [-0.1, -0.05) is 12.1 Å². The van der Waals surface area contributed by atoms with Crippen LogP contribution in [0.5, 0.6) is 0 Å². The van der Waals surface area contributed by atoms with Crippen LogP contribution >= 0.6 is 0 Å². The van der Waals surface area contributed by atoms with E-state index in [9.17, 15) is 9.59 Å². The number of aryl methyl sites for hydroxylation is 1.